The molecule has 0 atom stereocenters. The van der Waals surface area contributed by atoms with Crippen LogP contribution in [0.15, 0.2) is 12.4 Å². The van der Waals surface area contributed by atoms with Crippen LogP contribution in [-0.2, 0) is 0 Å². The Kier molecular flexibility index (Phi) is 5.07. The Morgan fingerprint density at radius 1 is 1.50 bits per heavy atom. The second-order valence-electron chi connectivity index (χ2n) is 3.28. The maximum absolute atomic E-state index is 8.78. The van der Waals surface area contributed by atoms with E-state index in [9.17, 15) is 0 Å². The van der Waals surface area contributed by atoms with Gasteiger partial charge < -0.3 is 15.7 Å². The van der Waals surface area contributed by atoms with Gasteiger partial charge in [0, 0.05) is 19.7 Å². The van der Waals surface area contributed by atoms with E-state index in [2.05, 4.69) is 9.97 Å². The Hall–Kier alpha value is -1.27. The molecule has 1 aromatic heterocycles. The van der Waals surface area contributed by atoms with Gasteiger partial charge in [0.1, 0.15) is 16.5 Å². The number of aliphatic hydroxyl groups is 1. The molecule has 16 heavy (non-hydrogen) atoms. The average Bonchev–Trinajstić information content (AvgIpc) is 2.30. The molecule has 6 heteroatoms. The number of aliphatic hydroxyl groups excluding tert-OH is 1. The topological polar surface area (TPSA) is 75.3 Å². The number of hydrogen-bond donors (Lipinski definition) is 2. The summed E-state index contributed by atoms with van der Waals surface area (Å²) in [6, 6.07) is 0. The first kappa shape index (κ1) is 12.8. The van der Waals surface area contributed by atoms with Crippen molar-refractivity contribution in [3.63, 3.8) is 0 Å². The third kappa shape index (κ3) is 3.39. The van der Waals surface area contributed by atoms with Crippen molar-refractivity contribution in [2.75, 3.05) is 24.6 Å². The quantitative estimate of drug-likeness (QED) is 0.697. The van der Waals surface area contributed by atoms with Crippen molar-refractivity contribution in [3.05, 3.63) is 18.1 Å². The molecule has 0 aliphatic carbocycles. The minimum Gasteiger partial charge on any atom is -0.396 e. The summed E-state index contributed by atoms with van der Waals surface area (Å²) in [4.78, 5) is 10.6. The molecule has 0 amide bonds. The van der Waals surface area contributed by atoms with E-state index in [4.69, 9.17) is 23.1 Å². The highest BCUT2D eigenvalue weighted by molar-refractivity contribution is 7.80. The van der Waals surface area contributed by atoms with Gasteiger partial charge in [0.2, 0.25) is 0 Å². The van der Waals surface area contributed by atoms with Gasteiger partial charge in [0.05, 0.1) is 12.4 Å². The highest BCUT2D eigenvalue weighted by atomic mass is 32.1. The molecule has 0 fully saturated rings. The highest BCUT2D eigenvalue weighted by Crippen LogP contribution is 2.09. The number of anilines is 1. The molecule has 1 heterocycles. The summed E-state index contributed by atoms with van der Waals surface area (Å²) in [7, 11) is 0. The molecule has 88 valence electrons. The third-order valence-electron chi connectivity index (χ3n) is 2.18. The fraction of sp³-hybridized carbons (Fsp3) is 0.500. The first-order valence-electron chi connectivity index (χ1n) is 5.16. The zero-order valence-corrected chi connectivity index (χ0v) is 10.1. The van der Waals surface area contributed by atoms with Crippen LogP contribution in [0.5, 0.6) is 0 Å². The van der Waals surface area contributed by atoms with E-state index in [0.29, 0.717) is 12.1 Å². The third-order valence-corrected chi connectivity index (χ3v) is 2.39. The van der Waals surface area contributed by atoms with Crippen molar-refractivity contribution in [2.45, 2.75) is 13.3 Å². The summed E-state index contributed by atoms with van der Waals surface area (Å²) < 4.78 is 0. The molecule has 0 saturated heterocycles. The molecule has 0 radical (unpaired) electrons. The molecular weight excluding hydrogens is 224 g/mol. The van der Waals surface area contributed by atoms with E-state index in [-0.39, 0.29) is 11.6 Å². The Bertz CT molecular complexity index is 341. The van der Waals surface area contributed by atoms with Crippen molar-refractivity contribution >= 4 is 23.0 Å². The van der Waals surface area contributed by atoms with Crippen LogP contribution in [0.4, 0.5) is 5.82 Å². The molecule has 0 aliphatic rings. The molecule has 1 rings (SSSR count). The minimum atomic E-state index is 0.175. The summed E-state index contributed by atoms with van der Waals surface area (Å²) in [6.07, 6.45) is 3.93. The van der Waals surface area contributed by atoms with Crippen molar-refractivity contribution in [1.82, 2.24) is 9.97 Å². The van der Waals surface area contributed by atoms with E-state index < -0.39 is 0 Å². The number of nitrogens with two attached hydrogens (primary N) is 1. The van der Waals surface area contributed by atoms with Gasteiger partial charge in [-0.25, -0.2) is 9.97 Å². The van der Waals surface area contributed by atoms with E-state index in [0.717, 1.165) is 18.9 Å². The van der Waals surface area contributed by atoms with E-state index in [1.165, 1.54) is 0 Å². The first-order chi connectivity index (χ1) is 7.69. The van der Waals surface area contributed by atoms with Gasteiger partial charge in [-0.1, -0.05) is 12.2 Å². The van der Waals surface area contributed by atoms with Crippen LogP contribution in [0.25, 0.3) is 0 Å². The normalized spacial score (nSPS) is 10.1. The van der Waals surface area contributed by atoms with Gasteiger partial charge in [-0.2, -0.15) is 0 Å². The van der Waals surface area contributed by atoms with Gasteiger partial charge in [0.25, 0.3) is 0 Å². The SMILES string of the molecule is CCN(CCCO)c1cnc(C(N)=S)cn1. The van der Waals surface area contributed by atoms with Crippen LogP contribution in [0.2, 0.25) is 0 Å². The number of hydrogen-bond acceptors (Lipinski definition) is 5. The van der Waals surface area contributed by atoms with Crippen LogP contribution in [0.3, 0.4) is 0 Å². The zero-order valence-electron chi connectivity index (χ0n) is 9.26. The molecule has 0 saturated carbocycles. The molecule has 3 N–H and O–H groups in total. The fourth-order valence-electron chi connectivity index (χ4n) is 1.31. The number of nitrogens with zero attached hydrogens (tertiary/aromatic N) is 3. The lowest BCUT2D eigenvalue weighted by molar-refractivity contribution is 0.289. The number of aromatic nitrogens is 2. The number of rotatable bonds is 6. The molecule has 0 aromatic carbocycles. The van der Waals surface area contributed by atoms with E-state index >= 15 is 0 Å². The van der Waals surface area contributed by atoms with Crippen LogP contribution < -0.4 is 10.6 Å². The van der Waals surface area contributed by atoms with Crippen molar-refractivity contribution < 1.29 is 5.11 Å². The van der Waals surface area contributed by atoms with Crippen molar-refractivity contribution in [3.8, 4) is 0 Å². The Labute approximate surface area is 100 Å². The van der Waals surface area contributed by atoms with Gasteiger partial charge in [-0.3, -0.25) is 0 Å². The maximum Gasteiger partial charge on any atom is 0.147 e. The van der Waals surface area contributed by atoms with E-state index in [1.54, 1.807) is 12.4 Å². The summed E-state index contributed by atoms with van der Waals surface area (Å²) in [5.74, 6) is 0.774. The molecule has 0 unspecified atom stereocenters. The molecule has 1 aromatic rings. The lowest BCUT2D eigenvalue weighted by Crippen LogP contribution is -2.26. The largest absolute Gasteiger partial charge is 0.396 e. The zero-order chi connectivity index (χ0) is 12.0. The lowest BCUT2D eigenvalue weighted by Gasteiger charge is -2.20. The Morgan fingerprint density at radius 2 is 2.25 bits per heavy atom. The lowest BCUT2D eigenvalue weighted by atomic mass is 10.4. The predicted molar refractivity (Wildman–Crippen MR) is 67.5 cm³/mol. The van der Waals surface area contributed by atoms with Crippen LogP contribution >= 0.6 is 12.2 Å². The minimum absolute atomic E-state index is 0.175. The van der Waals surface area contributed by atoms with Crippen molar-refractivity contribution in [1.29, 1.82) is 0 Å². The molecule has 5 nitrogen and oxygen atoms in total. The molecule has 0 bridgehead atoms. The highest BCUT2D eigenvalue weighted by Gasteiger charge is 2.06. The summed E-state index contributed by atoms with van der Waals surface area (Å²) in [5, 5.41) is 8.78. The van der Waals surface area contributed by atoms with Gasteiger partial charge in [-0.05, 0) is 13.3 Å². The van der Waals surface area contributed by atoms with Gasteiger partial charge >= 0.3 is 0 Å². The fourth-order valence-corrected chi connectivity index (χ4v) is 1.41. The number of thiocarbonyl (C=S) groups is 1. The monoisotopic (exact) mass is 240 g/mol. The summed E-state index contributed by atoms with van der Waals surface area (Å²) >= 11 is 4.80. The van der Waals surface area contributed by atoms with Crippen LogP contribution in [0, 0.1) is 0 Å². The second kappa shape index (κ2) is 6.34. The summed E-state index contributed by atoms with van der Waals surface area (Å²) in [6.45, 7) is 3.78. The first-order valence-corrected chi connectivity index (χ1v) is 5.57. The second-order valence-corrected chi connectivity index (χ2v) is 3.72. The van der Waals surface area contributed by atoms with Gasteiger partial charge in [-0.15, -0.1) is 0 Å². The van der Waals surface area contributed by atoms with Gasteiger partial charge in [0.15, 0.2) is 0 Å². The molecular formula is C10H16N4OS. The Morgan fingerprint density at radius 3 is 2.69 bits per heavy atom. The molecule has 0 spiro atoms. The average molecular weight is 240 g/mol. The van der Waals surface area contributed by atoms with E-state index in [1.807, 2.05) is 11.8 Å². The standard InChI is InChI=1S/C10H16N4OS/c1-2-14(4-3-5-15)9-7-12-8(6-13-9)10(11)16/h6-7,15H,2-5H2,1H3,(H2,11,16). The molecule has 0 aliphatic heterocycles. The predicted octanol–water partition coefficient (Wildman–Crippen LogP) is 0.320. The smallest absolute Gasteiger partial charge is 0.147 e. The maximum atomic E-state index is 8.78. The Balaban J connectivity index is 2.74. The van der Waals surface area contributed by atoms with Crippen LogP contribution in [-0.4, -0.2) is 39.8 Å². The summed E-state index contributed by atoms with van der Waals surface area (Å²) in [5.41, 5.74) is 5.96. The van der Waals surface area contributed by atoms with Crippen molar-refractivity contribution in [2.24, 2.45) is 5.73 Å². The van der Waals surface area contributed by atoms with Crippen LogP contribution in [0.1, 0.15) is 19.0 Å².